The van der Waals surface area contributed by atoms with Crippen molar-refractivity contribution in [1.82, 2.24) is 10.2 Å². The Bertz CT molecular complexity index is 241. The smallest absolute Gasteiger partial charge is 0.0114 e. The molecule has 1 saturated heterocycles. The number of piperidine rings is 1. The highest BCUT2D eigenvalue weighted by molar-refractivity contribution is 4.88. The van der Waals surface area contributed by atoms with Crippen LogP contribution in [0.3, 0.4) is 0 Å². The normalized spacial score (nSPS) is 44.8. The Morgan fingerprint density at radius 2 is 1.71 bits per heavy atom. The number of nitrogens with one attached hydrogen (secondary N) is 1. The largest absolute Gasteiger partial charge is 0.317 e. The molecule has 2 fully saturated rings. The molecule has 2 aliphatic rings. The van der Waals surface area contributed by atoms with Gasteiger partial charge in [0.1, 0.15) is 0 Å². The molecule has 100 valence electrons. The first-order valence-corrected chi connectivity index (χ1v) is 7.53. The lowest BCUT2D eigenvalue weighted by Crippen LogP contribution is -2.51. The fourth-order valence-corrected chi connectivity index (χ4v) is 3.79. The molecule has 0 aromatic rings. The maximum atomic E-state index is 3.47. The molecule has 0 aromatic carbocycles. The Morgan fingerprint density at radius 1 is 0.941 bits per heavy atom. The number of nitrogens with zero attached hydrogens (tertiary/aromatic N) is 1. The summed E-state index contributed by atoms with van der Waals surface area (Å²) in [4.78, 5) is 2.78. The number of rotatable bonds is 2. The third-order valence-corrected chi connectivity index (χ3v) is 5.39. The molecule has 0 amide bonds. The molecule has 0 aromatic heterocycles. The summed E-state index contributed by atoms with van der Waals surface area (Å²) in [6.07, 6.45) is 5.63. The quantitative estimate of drug-likeness (QED) is 0.796. The third-order valence-electron chi connectivity index (χ3n) is 5.39. The van der Waals surface area contributed by atoms with Crippen molar-refractivity contribution < 1.29 is 0 Å². The van der Waals surface area contributed by atoms with Gasteiger partial charge in [-0.2, -0.15) is 0 Å². The maximum Gasteiger partial charge on any atom is 0.0114 e. The van der Waals surface area contributed by atoms with E-state index in [1.54, 1.807) is 0 Å². The predicted molar refractivity (Wildman–Crippen MR) is 74.2 cm³/mol. The summed E-state index contributed by atoms with van der Waals surface area (Å²) in [6, 6.07) is 1.62. The van der Waals surface area contributed by atoms with Crippen LogP contribution >= 0.6 is 0 Å². The van der Waals surface area contributed by atoms with Crippen LogP contribution in [0.15, 0.2) is 0 Å². The molecule has 1 heterocycles. The van der Waals surface area contributed by atoms with Crippen LogP contribution in [0.25, 0.3) is 0 Å². The van der Waals surface area contributed by atoms with Crippen molar-refractivity contribution in [2.75, 3.05) is 20.1 Å². The summed E-state index contributed by atoms with van der Waals surface area (Å²) in [6.45, 7) is 9.89. The molecular formula is C15H30N2. The average molecular weight is 238 g/mol. The van der Waals surface area contributed by atoms with E-state index in [0.717, 1.165) is 29.8 Å². The van der Waals surface area contributed by atoms with E-state index in [-0.39, 0.29) is 0 Å². The van der Waals surface area contributed by atoms with Crippen LogP contribution < -0.4 is 5.32 Å². The zero-order chi connectivity index (χ0) is 12.4. The Hall–Kier alpha value is -0.0800. The van der Waals surface area contributed by atoms with E-state index in [1.807, 2.05) is 0 Å². The second-order valence-electron chi connectivity index (χ2n) is 6.58. The van der Waals surface area contributed by atoms with Crippen molar-refractivity contribution in [3.05, 3.63) is 0 Å². The highest BCUT2D eigenvalue weighted by Gasteiger charge is 2.33. The molecule has 17 heavy (non-hydrogen) atoms. The van der Waals surface area contributed by atoms with Gasteiger partial charge in [0, 0.05) is 18.6 Å². The molecule has 1 aliphatic heterocycles. The van der Waals surface area contributed by atoms with Crippen LogP contribution in [0, 0.1) is 17.8 Å². The van der Waals surface area contributed by atoms with E-state index in [9.17, 15) is 0 Å². The van der Waals surface area contributed by atoms with Gasteiger partial charge in [0.2, 0.25) is 0 Å². The summed E-state index contributed by atoms with van der Waals surface area (Å²) >= 11 is 0. The first-order valence-electron chi connectivity index (χ1n) is 7.53. The van der Waals surface area contributed by atoms with Crippen molar-refractivity contribution in [2.45, 2.75) is 58.5 Å². The molecule has 2 rings (SSSR count). The van der Waals surface area contributed by atoms with Crippen molar-refractivity contribution in [3.63, 3.8) is 0 Å². The molecule has 0 radical (unpaired) electrons. The Morgan fingerprint density at radius 3 is 2.29 bits per heavy atom. The summed E-state index contributed by atoms with van der Waals surface area (Å²) in [5.41, 5.74) is 0. The van der Waals surface area contributed by atoms with Gasteiger partial charge in [-0.3, -0.25) is 4.90 Å². The summed E-state index contributed by atoms with van der Waals surface area (Å²) in [5, 5.41) is 3.47. The monoisotopic (exact) mass is 238 g/mol. The van der Waals surface area contributed by atoms with Crippen LogP contribution in [-0.2, 0) is 0 Å². The summed E-state index contributed by atoms with van der Waals surface area (Å²) in [7, 11) is 2.11. The lowest BCUT2D eigenvalue weighted by molar-refractivity contribution is 0.0606. The molecule has 5 atom stereocenters. The zero-order valence-corrected chi connectivity index (χ0v) is 12.1. The van der Waals surface area contributed by atoms with Crippen LogP contribution in [0.1, 0.15) is 46.5 Å². The number of hydrogen-bond acceptors (Lipinski definition) is 2. The molecule has 1 aliphatic carbocycles. The Kier molecular flexibility index (Phi) is 4.48. The fourth-order valence-electron chi connectivity index (χ4n) is 3.79. The lowest BCUT2D eigenvalue weighted by Gasteiger charge is -2.44. The van der Waals surface area contributed by atoms with Crippen LogP contribution in [0.5, 0.6) is 0 Å². The van der Waals surface area contributed by atoms with Crippen LogP contribution in [0.4, 0.5) is 0 Å². The Labute approximate surface area is 107 Å². The molecule has 0 spiro atoms. The standard InChI is InChI=1S/C15H30N2/c1-11-5-6-14(9-12(11)2)17-8-7-15(16-4)13(3)10-17/h11-16H,5-10H2,1-4H3. The highest BCUT2D eigenvalue weighted by Crippen LogP contribution is 2.33. The number of hydrogen-bond donors (Lipinski definition) is 1. The second-order valence-corrected chi connectivity index (χ2v) is 6.58. The van der Waals surface area contributed by atoms with E-state index >= 15 is 0 Å². The minimum absolute atomic E-state index is 0.742. The van der Waals surface area contributed by atoms with Gasteiger partial charge in [-0.05, 0) is 57.0 Å². The van der Waals surface area contributed by atoms with E-state index in [2.05, 4.69) is 38.0 Å². The van der Waals surface area contributed by atoms with E-state index in [4.69, 9.17) is 0 Å². The van der Waals surface area contributed by atoms with Gasteiger partial charge >= 0.3 is 0 Å². The predicted octanol–water partition coefficient (Wildman–Crippen LogP) is 2.74. The number of likely N-dealkylation sites (tertiary alicyclic amines) is 1. The van der Waals surface area contributed by atoms with Gasteiger partial charge in [-0.1, -0.05) is 20.8 Å². The van der Waals surface area contributed by atoms with Gasteiger partial charge in [-0.15, -0.1) is 0 Å². The van der Waals surface area contributed by atoms with E-state index < -0.39 is 0 Å². The molecule has 5 unspecified atom stereocenters. The summed E-state index contributed by atoms with van der Waals surface area (Å²) in [5.74, 6) is 2.67. The molecule has 0 bridgehead atoms. The first-order chi connectivity index (χ1) is 8.11. The van der Waals surface area contributed by atoms with Crippen LogP contribution in [-0.4, -0.2) is 37.1 Å². The van der Waals surface area contributed by atoms with Crippen LogP contribution in [0.2, 0.25) is 0 Å². The van der Waals surface area contributed by atoms with E-state index in [1.165, 1.54) is 38.8 Å². The van der Waals surface area contributed by atoms with Gasteiger partial charge in [0.25, 0.3) is 0 Å². The Balaban J connectivity index is 1.87. The molecule has 1 saturated carbocycles. The maximum absolute atomic E-state index is 3.47. The third kappa shape index (κ3) is 3.03. The summed E-state index contributed by atoms with van der Waals surface area (Å²) < 4.78 is 0. The zero-order valence-electron chi connectivity index (χ0n) is 12.1. The fraction of sp³-hybridized carbons (Fsp3) is 1.00. The SMILES string of the molecule is CNC1CCN(C2CCC(C)C(C)C2)CC1C. The second kappa shape index (κ2) is 5.71. The topological polar surface area (TPSA) is 15.3 Å². The lowest BCUT2D eigenvalue weighted by atomic mass is 9.77. The highest BCUT2D eigenvalue weighted by atomic mass is 15.2. The van der Waals surface area contributed by atoms with Crippen molar-refractivity contribution in [2.24, 2.45) is 17.8 Å². The average Bonchev–Trinajstić information content (AvgIpc) is 2.32. The molecule has 1 N–H and O–H groups in total. The van der Waals surface area contributed by atoms with Gasteiger partial charge in [0.15, 0.2) is 0 Å². The minimum atomic E-state index is 0.742. The van der Waals surface area contributed by atoms with Gasteiger partial charge < -0.3 is 5.32 Å². The molecule has 2 heteroatoms. The molecular weight excluding hydrogens is 208 g/mol. The molecule has 2 nitrogen and oxygen atoms in total. The van der Waals surface area contributed by atoms with E-state index in [0.29, 0.717) is 0 Å². The first kappa shape index (κ1) is 13.4. The van der Waals surface area contributed by atoms with Gasteiger partial charge in [0.05, 0.1) is 0 Å². The van der Waals surface area contributed by atoms with Gasteiger partial charge in [-0.25, -0.2) is 0 Å². The van der Waals surface area contributed by atoms with Crippen molar-refractivity contribution >= 4 is 0 Å². The van der Waals surface area contributed by atoms with Crippen molar-refractivity contribution in [3.8, 4) is 0 Å². The van der Waals surface area contributed by atoms with Crippen molar-refractivity contribution in [1.29, 1.82) is 0 Å². The minimum Gasteiger partial charge on any atom is -0.317 e.